The number of nitrogens with one attached hydrogen (secondary N) is 1. The first-order chi connectivity index (χ1) is 9.78. The second-order valence-corrected chi connectivity index (χ2v) is 4.74. The van der Waals surface area contributed by atoms with E-state index >= 15 is 0 Å². The van der Waals surface area contributed by atoms with Crippen LogP contribution in [0.1, 0.15) is 18.9 Å². The molecule has 104 valence electrons. The Kier molecular flexibility index (Phi) is 5.44. The minimum absolute atomic E-state index is 0.681. The van der Waals surface area contributed by atoms with Crippen LogP contribution < -0.4 is 10.2 Å². The minimum Gasteiger partial charge on any atom is -0.494 e. The molecular weight excluding hydrogens is 272 g/mol. The Morgan fingerprint density at radius 3 is 2.85 bits per heavy atom. The SMILES string of the molecule is CCCOc1cccc(C=NNc2cccc(Cl)c2)c1. The van der Waals surface area contributed by atoms with Gasteiger partial charge in [-0.3, -0.25) is 5.43 Å². The average Bonchev–Trinajstić information content (AvgIpc) is 2.46. The van der Waals surface area contributed by atoms with Crippen LogP contribution in [0.25, 0.3) is 0 Å². The molecule has 0 unspecified atom stereocenters. The zero-order valence-electron chi connectivity index (χ0n) is 11.3. The molecule has 2 aromatic rings. The third-order valence-electron chi connectivity index (χ3n) is 2.56. The lowest BCUT2D eigenvalue weighted by Gasteiger charge is -2.04. The molecule has 0 aromatic heterocycles. The molecular formula is C16H17ClN2O. The summed E-state index contributed by atoms with van der Waals surface area (Å²) in [5, 5.41) is 4.87. The maximum Gasteiger partial charge on any atom is 0.119 e. The number of hydrogen-bond donors (Lipinski definition) is 1. The third kappa shape index (κ3) is 4.59. The molecule has 2 aromatic carbocycles. The van der Waals surface area contributed by atoms with Gasteiger partial charge in [-0.15, -0.1) is 0 Å². The topological polar surface area (TPSA) is 33.6 Å². The van der Waals surface area contributed by atoms with Crippen molar-refractivity contribution in [3.05, 3.63) is 59.1 Å². The van der Waals surface area contributed by atoms with Crippen LogP contribution in [0.15, 0.2) is 53.6 Å². The van der Waals surface area contributed by atoms with E-state index < -0.39 is 0 Å². The number of hydrazone groups is 1. The van der Waals surface area contributed by atoms with Crippen molar-refractivity contribution in [3.8, 4) is 5.75 Å². The zero-order chi connectivity index (χ0) is 14.2. The Hall–Kier alpha value is -2.00. The normalized spacial score (nSPS) is 10.7. The van der Waals surface area contributed by atoms with Gasteiger partial charge in [0.2, 0.25) is 0 Å². The standard InChI is InChI=1S/C16H17ClN2O/c1-2-9-20-16-8-3-5-13(10-16)12-18-19-15-7-4-6-14(17)11-15/h3-8,10-12,19H,2,9H2,1H3. The Balaban J connectivity index is 1.97. The molecule has 0 atom stereocenters. The second-order valence-electron chi connectivity index (χ2n) is 4.30. The Morgan fingerprint density at radius 1 is 1.20 bits per heavy atom. The molecule has 0 fully saturated rings. The van der Waals surface area contributed by atoms with Gasteiger partial charge in [-0.1, -0.05) is 36.7 Å². The van der Waals surface area contributed by atoms with Crippen molar-refractivity contribution < 1.29 is 4.74 Å². The van der Waals surface area contributed by atoms with E-state index in [1.165, 1.54) is 0 Å². The van der Waals surface area contributed by atoms with Crippen molar-refractivity contribution in [1.29, 1.82) is 0 Å². The highest BCUT2D eigenvalue weighted by Crippen LogP contribution is 2.15. The molecule has 0 spiro atoms. The van der Waals surface area contributed by atoms with Gasteiger partial charge in [0.05, 0.1) is 18.5 Å². The van der Waals surface area contributed by atoms with Crippen LogP contribution >= 0.6 is 11.6 Å². The number of ether oxygens (including phenoxy) is 1. The van der Waals surface area contributed by atoms with Crippen molar-refractivity contribution in [1.82, 2.24) is 0 Å². The number of anilines is 1. The van der Waals surface area contributed by atoms with E-state index in [0.717, 1.165) is 30.0 Å². The summed E-state index contributed by atoms with van der Waals surface area (Å²) in [5.41, 5.74) is 4.77. The van der Waals surface area contributed by atoms with Crippen molar-refractivity contribution in [2.24, 2.45) is 5.10 Å². The lowest BCUT2D eigenvalue weighted by Crippen LogP contribution is -1.96. The molecule has 2 rings (SSSR count). The van der Waals surface area contributed by atoms with Crippen LogP contribution in [0, 0.1) is 0 Å². The van der Waals surface area contributed by atoms with E-state index in [0.29, 0.717) is 5.02 Å². The molecule has 0 bridgehead atoms. The molecule has 0 aliphatic carbocycles. The van der Waals surface area contributed by atoms with Crippen molar-refractivity contribution in [2.45, 2.75) is 13.3 Å². The van der Waals surface area contributed by atoms with E-state index in [1.54, 1.807) is 6.21 Å². The van der Waals surface area contributed by atoms with Crippen LogP contribution in [-0.2, 0) is 0 Å². The number of benzene rings is 2. The van der Waals surface area contributed by atoms with Gasteiger partial charge in [0.25, 0.3) is 0 Å². The Bertz CT molecular complexity index is 584. The first-order valence-electron chi connectivity index (χ1n) is 6.55. The maximum atomic E-state index is 5.90. The lowest BCUT2D eigenvalue weighted by molar-refractivity contribution is 0.317. The van der Waals surface area contributed by atoms with Gasteiger partial charge in [0, 0.05) is 5.02 Å². The summed E-state index contributed by atoms with van der Waals surface area (Å²) in [4.78, 5) is 0. The van der Waals surface area contributed by atoms with Gasteiger partial charge in [0.15, 0.2) is 0 Å². The highest BCUT2D eigenvalue weighted by atomic mass is 35.5. The molecule has 4 heteroatoms. The van der Waals surface area contributed by atoms with Gasteiger partial charge < -0.3 is 4.74 Å². The zero-order valence-corrected chi connectivity index (χ0v) is 12.1. The van der Waals surface area contributed by atoms with Crippen LogP contribution in [0.4, 0.5) is 5.69 Å². The summed E-state index contributed by atoms with van der Waals surface area (Å²) < 4.78 is 5.58. The van der Waals surface area contributed by atoms with Gasteiger partial charge in [-0.2, -0.15) is 5.10 Å². The molecule has 0 aliphatic rings. The van der Waals surface area contributed by atoms with Crippen LogP contribution in [0.3, 0.4) is 0 Å². The fraction of sp³-hybridized carbons (Fsp3) is 0.188. The van der Waals surface area contributed by atoms with Gasteiger partial charge in [-0.25, -0.2) is 0 Å². The van der Waals surface area contributed by atoms with Gasteiger partial charge in [-0.05, 0) is 42.3 Å². The van der Waals surface area contributed by atoms with E-state index in [1.807, 2.05) is 48.5 Å². The fourth-order valence-corrected chi connectivity index (χ4v) is 1.83. The quantitative estimate of drug-likeness (QED) is 0.624. The maximum absolute atomic E-state index is 5.90. The molecule has 3 nitrogen and oxygen atoms in total. The monoisotopic (exact) mass is 288 g/mol. The van der Waals surface area contributed by atoms with Gasteiger partial charge >= 0.3 is 0 Å². The molecule has 1 N–H and O–H groups in total. The van der Waals surface area contributed by atoms with Gasteiger partial charge in [0.1, 0.15) is 5.75 Å². The lowest BCUT2D eigenvalue weighted by atomic mass is 10.2. The van der Waals surface area contributed by atoms with E-state index in [-0.39, 0.29) is 0 Å². The second kappa shape index (κ2) is 7.56. The first kappa shape index (κ1) is 14.4. The van der Waals surface area contributed by atoms with Crippen molar-refractivity contribution in [2.75, 3.05) is 12.0 Å². The predicted octanol–water partition coefficient (Wildman–Crippen LogP) is 4.57. The average molecular weight is 289 g/mol. The number of nitrogens with zero attached hydrogens (tertiary/aromatic N) is 1. The van der Waals surface area contributed by atoms with E-state index in [9.17, 15) is 0 Å². The summed E-state index contributed by atoms with van der Waals surface area (Å²) in [6.45, 7) is 2.81. The van der Waals surface area contributed by atoms with Crippen molar-refractivity contribution >= 4 is 23.5 Å². The van der Waals surface area contributed by atoms with Crippen LogP contribution in [-0.4, -0.2) is 12.8 Å². The molecule has 0 saturated heterocycles. The summed E-state index contributed by atoms with van der Waals surface area (Å²) in [7, 11) is 0. The largest absolute Gasteiger partial charge is 0.494 e. The molecule has 20 heavy (non-hydrogen) atoms. The Morgan fingerprint density at radius 2 is 2.05 bits per heavy atom. The van der Waals surface area contributed by atoms with Crippen LogP contribution in [0.5, 0.6) is 5.75 Å². The predicted molar refractivity (Wildman–Crippen MR) is 84.9 cm³/mol. The minimum atomic E-state index is 0.681. The molecule has 0 amide bonds. The first-order valence-corrected chi connectivity index (χ1v) is 6.93. The van der Waals surface area contributed by atoms with Crippen molar-refractivity contribution in [3.63, 3.8) is 0 Å². The van der Waals surface area contributed by atoms with E-state index in [2.05, 4.69) is 17.5 Å². The Labute approximate surface area is 124 Å². The molecule has 0 radical (unpaired) electrons. The van der Waals surface area contributed by atoms with E-state index in [4.69, 9.17) is 16.3 Å². The highest BCUT2D eigenvalue weighted by molar-refractivity contribution is 6.30. The molecule has 0 heterocycles. The summed E-state index contributed by atoms with van der Waals surface area (Å²) in [6.07, 6.45) is 2.74. The third-order valence-corrected chi connectivity index (χ3v) is 2.80. The summed E-state index contributed by atoms with van der Waals surface area (Å²) in [5.74, 6) is 0.860. The highest BCUT2D eigenvalue weighted by Gasteiger charge is 1.95. The number of halogens is 1. The number of hydrogen-bond acceptors (Lipinski definition) is 3. The molecule has 0 aliphatic heterocycles. The smallest absolute Gasteiger partial charge is 0.119 e. The summed E-state index contributed by atoms with van der Waals surface area (Å²) in [6, 6.07) is 15.2. The fourth-order valence-electron chi connectivity index (χ4n) is 1.64. The number of rotatable bonds is 6. The summed E-state index contributed by atoms with van der Waals surface area (Å²) >= 11 is 5.90. The van der Waals surface area contributed by atoms with Crippen LogP contribution in [0.2, 0.25) is 5.02 Å². The molecule has 0 saturated carbocycles.